The average Bonchev–Trinajstić information content (AvgIpc) is 2.53. The topological polar surface area (TPSA) is 29.1 Å². The van der Waals surface area contributed by atoms with Gasteiger partial charge in [0.1, 0.15) is 0 Å². The van der Waals surface area contributed by atoms with Gasteiger partial charge in [0.2, 0.25) is 0 Å². The highest BCUT2D eigenvalue weighted by molar-refractivity contribution is 5.94. The molecular weight excluding hydrogens is 318 g/mol. The number of hydrogen-bond acceptors (Lipinski definition) is 1. The molecule has 0 unspecified atom stereocenters. The maximum atomic E-state index is 12.6. The molecular formula is C24H37NO. The van der Waals surface area contributed by atoms with Gasteiger partial charge in [-0.15, -0.1) is 0 Å². The molecule has 1 aliphatic carbocycles. The Bertz CT molecular complexity index is 632. The molecule has 1 amide bonds. The van der Waals surface area contributed by atoms with Gasteiger partial charge in [-0.2, -0.15) is 0 Å². The van der Waals surface area contributed by atoms with Crippen molar-refractivity contribution in [2.45, 2.75) is 80.2 Å². The Labute approximate surface area is 160 Å². The van der Waals surface area contributed by atoms with Gasteiger partial charge >= 0.3 is 0 Å². The molecule has 1 aromatic carbocycles. The van der Waals surface area contributed by atoms with Gasteiger partial charge in [-0.25, -0.2) is 0 Å². The summed E-state index contributed by atoms with van der Waals surface area (Å²) in [6, 6.07) is 8.34. The minimum Gasteiger partial charge on any atom is -0.349 e. The Balaban J connectivity index is 1.94. The molecule has 2 rings (SSSR count). The summed E-state index contributed by atoms with van der Waals surface area (Å²) in [6.45, 7) is 15.7. The van der Waals surface area contributed by atoms with E-state index in [1.807, 2.05) is 12.1 Å². The van der Waals surface area contributed by atoms with Crippen LogP contribution in [0.1, 0.15) is 90.1 Å². The number of benzene rings is 1. The number of rotatable bonds is 3. The first-order valence-electron chi connectivity index (χ1n) is 10.1. The third kappa shape index (κ3) is 6.00. The van der Waals surface area contributed by atoms with Crippen LogP contribution in [0.3, 0.4) is 0 Å². The zero-order valence-electron chi connectivity index (χ0n) is 17.8. The van der Waals surface area contributed by atoms with Crippen molar-refractivity contribution in [3.05, 3.63) is 41.5 Å². The van der Waals surface area contributed by atoms with Gasteiger partial charge in [0, 0.05) is 11.6 Å². The molecule has 0 heterocycles. The van der Waals surface area contributed by atoms with Crippen LogP contribution in [0, 0.1) is 16.7 Å². The Hall–Kier alpha value is -1.57. The second-order valence-corrected chi connectivity index (χ2v) is 10.2. The third-order valence-electron chi connectivity index (χ3n) is 5.54. The zero-order valence-corrected chi connectivity index (χ0v) is 17.8. The standard InChI is InChI=1S/C24H37NO/c1-17(16-23(2,3)4)18-8-10-19(11-9-18)22(26)25-21-14-12-20(13-15-21)24(5,6)7/h8-11,16,20-21H,12-15H2,1-7H3,(H,25,26)/b17-16+. The summed E-state index contributed by atoms with van der Waals surface area (Å²) >= 11 is 0. The molecule has 1 fully saturated rings. The van der Waals surface area contributed by atoms with E-state index in [1.165, 1.54) is 24.0 Å². The Kier molecular flexibility index (Phi) is 6.37. The zero-order chi connectivity index (χ0) is 19.5. The molecule has 2 heteroatoms. The molecule has 2 nitrogen and oxygen atoms in total. The molecule has 1 aliphatic rings. The summed E-state index contributed by atoms with van der Waals surface area (Å²) in [4.78, 5) is 12.6. The minimum atomic E-state index is 0.0632. The fraction of sp³-hybridized carbons (Fsp3) is 0.625. The van der Waals surface area contributed by atoms with Crippen LogP contribution in [-0.2, 0) is 0 Å². The normalized spacial score (nSPS) is 22.2. The molecule has 26 heavy (non-hydrogen) atoms. The van der Waals surface area contributed by atoms with Crippen molar-refractivity contribution in [3.8, 4) is 0 Å². The van der Waals surface area contributed by atoms with Crippen LogP contribution in [0.25, 0.3) is 5.57 Å². The SMILES string of the molecule is C/C(=C\C(C)(C)C)c1ccc(C(=O)NC2CCC(C(C)(C)C)CC2)cc1. The number of hydrogen-bond donors (Lipinski definition) is 1. The van der Waals surface area contributed by atoms with Gasteiger partial charge in [0.15, 0.2) is 0 Å². The Morgan fingerprint density at radius 3 is 1.88 bits per heavy atom. The van der Waals surface area contributed by atoms with Crippen LogP contribution < -0.4 is 5.32 Å². The molecule has 0 atom stereocenters. The lowest BCUT2D eigenvalue weighted by molar-refractivity contribution is 0.0904. The monoisotopic (exact) mass is 355 g/mol. The van der Waals surface area contributed by atoms with E-state index in [1.54, 1.807) is 0 Å². The van der Waals surface area contributed by atoms with Crippen molar-refractivity contribution in [2.24, 2.45) is 16.7 Å². The average molecular weight is 356 g/mol. The lowest BCUT2D eigenvalue weighted by Gasteiger charge is -2.37. The van der Waals surface area contributed by atoms with Gasteiger partial charge in [-0.05, 0) is 72.6 Å². The second kappa shape index (κ2) is 7.98. The molecule has 0 spiro atoms. The van der Waals surface area contributed by atoms with Crippen LogP contribution in [-0.4, -0.2) is 11.9 Å². The Morgan fingerprint density at radius 1 is 0.923 bits per heavy atom. The van der Waals surface area contributed by atoms with Crippen molar-refractivity contribution < 1.29 is 4.79 Å². The largest absolute Gasteiger partial charge is 0.349 e. The summed E-state index contributed by atoms with van der Waals surface area (Å²) in [7, 11) is 0. The molecule has 1 saturated carbocycles. The predicted molar refractivity (Wildman–Crippen MR) is 112 cm³/mol. The third-order valence-corrected chi connectivity index (χ3v) is 5.54. The van der Waals surface area contributed by atoms with E-state index in [4.69, 9.17) is 0 Å². The summed E-state index contributed by atoms with van der Waals surface area (Å²) in [5.41, 5.74) is 3.73. The van der Waals surface area contributed by atoms with Crippen LogP contribution in [0.2, 0.25) is 0 Å². The van der Waals surface area contributed by atoms with Gasteiger partial charge in [0.25, 0.3) is 5.91 Å². The first kappa shape index (κ1) is 20.7. The number of allylic oxidation sites excluding steroid dienone is 2. The fourth-order valence-corrected chi connectivity index (χ4v) is 3.99. The molecule has 0 aromatic heterocycles. The number of nitrogens with one attached hydrogen (secondary N) is 1. The predicted octanol–water partition coefficient (Wildman–Crippen LogP) is 6.47. The smallest absolute Gasteiger partial charge is 0.251 e. The maximum absolute atomic E-state index is 12.6. The minimum absolute atomic E-state index is 0.0632. The quantitative estimate of drug-likeness (QED) is 0.661. The van der Waals surface area contributed by atoms with Crippen molar-refractivity contribution in [3.63, 3.8) is 0 Å². The van der Waals surface area contributed by atoms with E-state index in [9.17, 15) is 4.79 Å². The molecule has 0 radical (unpaired) electrons. The first-order valence-corrected chi connectivity index (χ1v) is 10.1. The van der Waals surface area contributed by atoms with E-state index in [0.29, 0.717) is 11.5 Å². The molecule has 0 bridgehead atoms. The molecule has 1 N–H and O–H groups in total. The van der Waals surface area contributed by atoms with Crippen LogP contribution in [0.5, 0.6) is 0 Å². The Morgan fingerprint density at radius 2 is 1.42 bits per heavy atom. The van der Waals surface area contributed by atoms with Crippen LogP contribution >= 0.6 is 0 Å². The summed E-state index contributed by atoms with van der Waals surface area (Å²) < 4.78 is 0. The van der Waals surface area contributed by atoms with E-state index in [2.05, 4.69) is 72.0 Å². The van der Waals surface area contributed by atoms with Gasteiger partial charge < -0.3 is 5.32 Å². The highest BCUT2D eigenvalue weighted by atomic mass is 16.1. The molecule has 0 aliphatic heterocycles. The lowest BCUT2D eigenvalue weighted by Crippen LogP contribution is -2.39. The van der Waals surface area contributed by atoms with Crippen molar-refractivity contribution in [1.29, 1.82) is 0 Å². The highest BCUT2D eigenvalue weighted by Crippen LogP contribution is 2.37. The molecule has 1 aromatic rings. The van der Waals surface area contributed by atoms with Crippen molar-refractivity contribution >= 4 is 11.5 Å². The van der Waals surface area contributed by atoms with Crippen LogP contribution in [0.15, 0.2) is 30.3 Å². The maximum Gasteiger partial charge on any atom is 0.251 e. The van der Waals surface area contributed by atoms with E-state index >= 15 is 0 Å². The summed E-state index contributed by atoms with van der Waals surface area (Å²) in [5.74, 6) is 0.834. The second-order valence-electron chi connectivity index (χ2n) is 10.2. The van der Waals surface area contributed by atoms with E-state index in [-0.39, 0.29) is 11.3 Å². The van der Waals surface area contributed by atoms with E-state index < -0.39 is 0 Å². The first-order chi connectivity index (χ1) is 12.0. The summed E-state index contributed by atoms with van der Waals surface area (Å²) in [6.07, 6.45) is 6.89. The highest BCUT2D eigenvalue weighted by Gasteiger charge is 2.30. The van der Waals surface area contributed by atoms with Crippen molar-refractivity contribution in [1.82, 2.24) is 5.32 Å². The number of amides is 1. The lowest BCUT2D eigenvalue weighted by atomic mass is 9.71. The van der Waals surface area contributed by atoms with Gasteiger partial charge in [-0.1, -0.05) is 59.8 Å². The van der Waals surface area contributed by atoms with E-state index in [0.717, 1.165) is 24.3 Å². The molecule has 144 valence electrons. The number of carbonyl (C=O) groups is 1. The van der Waals surface area contributed by atoms with Crippen LogP contribution in [0.4, 0.5) is 0 Å². The molecule has 0 saturated heterocycles. The fourth-order valence-electron chi connectivity index (χ4n) is 3.99. The summed E-state index contributed by atoms with van der Waals surface area (Å²) in [5, 5.41) is 3.24. The van der Waals surface area contributed by atoms with Gasteiger partial charge in [0.05, 0.1) is 0 Å². The van der Waals surface area contributed by atoms with Crippen molar-refractivity contribution in [2.75, 3.05) is 0 Å². The number of carbonyl (C=O) groups excluding carboxylic acids is 1. The van der Waals surface area contributed by atoms with Gasteiger partial charge in [-0.3, -0.25) is 4.79 Å².